The Hall–Kier alpha value is -1.10. The maximum absolute atomic E-state index is 12.6. The molecule has 1 saturated carbocycles. The van der Waals surface area contributed by atoms with Crippen LogP contribution in [0.15, 0.2) is 18.3 Å². The third kappa shape index (κ3) is 4.70. The van der Waals surface area contributed by atoms with Gasteiger partial charge in [0.2, 0.25) is 0 Å². The average molecular weight is 300 g/mol. The summed E-state index contributed by atoms with van der Waals surface area (Å²) < 4.78 is 37.8. The molecule has 1 unspecified atom stereocenters. The van der Waals surface area contributed by atoms with Gasteiger partial charge in [-0.25, -0.2) is 0 Å². The molecule has 1 fully saturated rings. The van der Waals surface area contributed by atoms with Crippen molar-refractivity contribution in [1.82, 2.24) is 10.3 Å². The van der Waals surface area contributed by atoms with E-state index in [1.165, 1.54) is 31.7 Å². The van der Waals surface area contributed by atoms with Crippen LogP contribution in [0.1, 0.15) is 62.7 Å². The van der Waals surface area contributed by atoms with Gasteiger partial charge in [0.05, 0.1) is 11.3 Å². The fraction of sp³-hybridized carbons (Fsp3) is 0.688. The Morgan fingerprint density at radius 3 is 2.52 bits per heavy atom. The number of pyridine rings is 1. The van der Waals surface area contributed by atoms with Crippen LogP contribution in [0.4, 0.5) is 13.2 Å². The van der Waals surface area contributed by atoms with E-state index >= 15 is 0 Å². The Labute approximate surface area is 124 Å². The quantitative estimate of drug-likeness (QED) is 0.822. The minimum atomic E-state index is -4.32. The first-order chi connectivity index (χ1) is 10.0. The van der Waals surface area contributed by atoms with Crippen LogP contribution in [0.3, 0.4) is 0 Å². The molecule has 5 heteroatoms. The Bertz CT molecular complexity index is 422. The van der Waals surface area contributed by atoms with E-state index in [9.17, 15) is 13.2 Å². The first-order valence-electron chi connectivity index (χ1n) is 7.77. The second kappa shape index (κ2) is 7.25. The molecule has 21 heavy (non-hydrogen) atoms. The van der Waals surface area contributed by atoms with Gasteiger partial charge in [0.25, 0.3) is 0 Å². The molecule has 1 aliphatic rings. The highest BCUT2D eigenvalue weighted by Crippen LogP contribution is 2.33. The van der Waals surface area contributed by atoms with Crippen LogP contribution in [-0.4, -0.2) is 11.5 Å². The molecule has 1 aromatic rings. The standard InChI is InChI=1S/C16H23F3N2/c1-2-9-20-15(10-12-5-3-4-6-12)14-8-7-13(11-21-14)16(17,18)19/h7-8,11-12,15,20H,2-6,9-10H2,1H3. The molecule has 1 atom stereocenters. The third-order valence-corrected chi connectivity index (χ3v) is 4.16. The monoisotopic (exact) mass is 300 g/mol. The van der Waals surface area contributed by atoms with Crippen molar-refractivity contribution in [3.63, 3.8) is 0 Å². The molecule has 2 rings (SSSR count). The molecule has 1 heterocycles. The summed E-state index contributed by atoms with van der Waals surface area (Å²) in [6.07, 6.45) is 3.60. The van der Waals surface area contributed by atoms with Gasteiger partial charge in [0.1, 0.15) is 0 Å². The molecule has 0 bridgehead atoms. The summed E-state index contributed by atoms with van der Waals surface area (Å²) in [5.74, 6) is 0.670. The highest BCUT2D eigenvalue weighted by Gasteiger charge is 2.31. The highest BCUT2D eigenvalue weighted by molar-refractivity contribution is 5.19. The normalized spacial score (nSPS) is 18.1. The maximum atomic E-state index is 12.6. The third-order valence-electron chi connectivity index (χ3n) is 4.16. The second-order valence-corrected chi connectivity index (χ2v) is 5.86. The number of aromatic nitrogens is 1. The van der Waals surface area contributed by atoms with E-state index in [4.69, 9.17) is 0 Å². The molecule has 0 saturated heterocycles. The van der Waals surface area contributed by atoms with Crippen molar-refractivity contribution in [2.45, 2.75) is 57.7 Å². The predicted octanol–water partition coefficient (Wildman–Crippen LogP) is 4.72. The molecule has 0 aliphatic heterocycles. The summed E-state index contributed by atoms with van der Waals surface area (Å²) in [5.41, 5.74) is 0.0460. The summed E-state index contributed by atoms with van der Waals surface area (Å²) in [5, 5.41) is 3.43. The van der Waals surface area contributed by atoms with Crippen molar-refractivity contribution in [1.29, 1.82) is 0 Å². The summed E-state index contributed by atoms with van der Waals surface area (Å²) in [6.45, 7) is 2.94. The fourth-order valence-electron chi connectivity index (χ4n) is 2.99. The lowest BCUT2D eigenvalue weighted by molar-refractivity contribution is -0.137. The van der Waals surface area contributed by atoms with Crippen LogP contribution in [0, 0.1) is 5.92 Å². The summed E-state index contributed by atoms with van der Waals surface area (Å²) in [6, 6.07) is 2.72. The molecule has 1 N–H and O–H groups in total. The molecule has 1 aromatic heterocycles. The van der Waals surface area contributed by atoms with Crippen molar-refractivity contribution in [3.8, 4) is 0 Å². The summed E-state index contributed by atoms with van der Waals surface area (Å²) in [7, 11) is 0. The van der Waals surface area contributed by atoms with E-state index in [-0.39, 0.29) is 6.04 Å². The summed E-state index contributed by atoms with van der Waals surface area (Å²) in [4.78, 5) is 4.06. The van der Waals surface area contributed by atoms with E-state index in [0.29, 0.717) is 5.92 Å². The van der Waals surface area contributed by atoms with Gasteiger partial charge < -0.3 is 5.32 Å². The van der Waals surface area contributed by atoms with E-state index < -0.39 is 11.7 Å². The molecule has 1 aliphatic carbocycles. The van der Waals surface area contributed by atoms with Crippen molar-refractivity contribution < 1.29 is 13.2 Å². The lowest BCUT2D eigenvalue weighted by Crippen LogP contribution is -2.25. The lowest BCUT2D eigenvalue weighted by Gasteiger charge is -2.22. The van der Waals surface area contributed by atoms with Gasteiger partial charge in [-0.2, -0.15) is 13.2 Å². The van der Waals surface area contributed by atoms with Crippen LogP contribution >= 0.6 is 0 Å². The number of nitrogens with zero attached hydrogens (tertiary/aromatic N) is 1. The molecule has 0 spiro atoms. The predicted molar refractivity (Wildman–Crippen MR) is 76.8 cm³/mol. The van der Waals surface area contributed by atoms with Crippen molar-refractivity contribution in [3.05, 3.63) is 29.6 Å². The Morgan fingerprint density at radius 1 is 1.29 bits per heavy atom. The van der Waals surface area contributed by atoms with Crippen LogP contribution in [0.2, 0.25) is 0 Å². The number of nitrogens with one attached hydrogen (secondary N) is 1. The van der Waals surface area contributed by atoms with Crippen LogP contribution in [-0.2, 0) is 6.18 Å². The van der Waals surface area contributed by atoms with Crippen molar-refractivity contribution in [2.24, 2.45) is 5.92 Å². The summed E-state index contributed by atoms with van der Waals surface area (Å²) >= 11 is 0. The number of alkyl halides is 3. The first kappa shape index (κ1) is 16.3. The minimum Gasteiger partial charge on any atom is -0.309 e. The zero-order valence-corrected chi connectivity index (χ0v) is 12.4. The zero-order valence-electron chi connectivity index (χ0n) is 12.4. The molecule has 0 aromatic carbocycles. The van der Waals surface area contributed by atoms with Gasteiger partial charge in [-0.1, -0.05) is 32.6 Å². The Kier molecular flexibility index (Phi) is 5.62. The van der Waals surface area contributed by atoms with E-state index in [0.717, 1.165) is 37.3 Å². The van der Waals surface area contributed by atoms with Crippen LogP contribution in [0.25, 0.3) is 0 Å². The van der Waals surface area contributed by atoms with Crippen LogP contribution < -0.4 is 5.32 Å². The van der Waals surface area contributed by atoms with Crippen LogP contribution in [0.5, 0.6) is 0 Å². The van der Waals surface area contributed by atoms with Crippen molar-refractivity contribution in [2.75, 3.05) is 6.54 Å². The van der Waals surface area contributed by atoms with E-state index in [1.54, 1.807) is 0 Å². The largest absolute Gasteiger partial charge is 0.417 e. The number of rotatable bonds is 6. The van der Waals surface area contributed by atoms with E-state index in [1.807, 2.05) is 0 Å². The highest BCUT2D eigenvalue weighted by atomic mass is 19.4. The molecule has 0 amide bonds. The molecular formula is C16H23F3N2. The fourth-order valence-corrected chi connectivity index (χ4v) is 2.99. The molecular weight excluding hydrogens is 277 g/mol. The number of hydrogen-bond acceptors (Lipinski definition) is 2. The number of hydrogen-bond donors (Lipinski definition) is 1. The number of halogens is 3. The maximum Gasteiger partial charge on any atom is 0.417 e. The van der Waals surface area contributed by atoms with Gasteiger partial charge >= 0.3 is 6.18 Å². The Morgan fingerprint density at radius 2 is 2.00 bits per heavy atom. The van der Waals surface area contributed by atoms with Gasteiger partial charge in [-0.05, 0) is 37.4 Å². The lowest BCUT2D eigenvalue weighted by atomic mass is 9.96. The zero-order chi connectivity index (χ0) is 15.3. The van der Waals surface area contributed by atoms with Gasteiger partial charge in [-0.3, -0.25) is 4.98 Å². The molecule has 118 valence electrons. The second-order valence-electron chi connectivity index (χ2n) is 5.86. The Balaban J connectivity index is 2.07. The SMILES string of the molecule is CCCNC(CC1CCCC1)c1ccc(C(F)(F)F)cn1. The first-order valence-corrected chi connectivity index (χ1v) is 7.77. The smallest absolute Gasteiger partial charge is 0.309 e. The minimum absolute atomic E-state index is 0.0651. The van der Waals surface area contributed by atoms with Gasteiger partial charge in [0, 0.05) is 12.2 Å². The average Bonchev–Trinajstić information content (AvgIpc) is 2.95. The molecule has 2 nitrogen and oxygen atoms in total. The van der Waals surface area contributed by atoms with E-state index in [2.05, 4.69) is 17.2 Å². The van der Waals surface area contributed by atoms with Gasteiger partial charge in [0.15, 0.2) is 0 Å². The molecule has 0 radical (unpaired) electrons. The topological polar surface area (TPSA) is 24.9 Å². The van der Waals surface area contributed by atoms with Gasteiger partial charge in [-0.15, -0.1) is 0 Å². The van der Waals surface area contributed by atoms with Crippen molar-refractivity contribution >= 4 is 0 Å².